The number of anilines is 1. The molecule has 0 aliphatic carbocycles. The maximum Gasteiger partial charge on any atom is 0.249 e. The summed E-state index contributed by atoms with van der Waals surface area (Å²) in [6.45, 7) is -0.00750. The van der Waals surface area contributed by atoms with Gasteiger partial charge in [0.25, 0.3) is 0 Å². The van der Waals surface area contributed by atoms with E-state index in [0.717, 1.165) is 5.56 Å². The van der Waals surface area contributed by atoms with Crippen LogP contribution in [0.2, 0.25) is 0 Å². The van der Waals surface area contributed by atoms with E-state index in [2.05, 4.69) is 15.6 Å². The Balaban J connectivity index is 1.56. The number of methoxy groups -OCH3 is 1. The second-order valence-corrected chi connectivity index (χ2v) is 8.83. The third kappa shape index (κ3) is 5.62. The average molecular weight is 524 g/mol. The minimum Gasteiger partial charge on any atom is -0.497 e. The number of benzene rings is 4. The van der Waals surface area contributed by atoms with Crippen LogP contribution in [0, 0.1) is 5.82 Å². The largest absolute Gasteiger partial charge is 0.497 e. The Labute approximate surface area is 224 Å². The fourth-order valence-corrected chi connectivity index (χ4v) is 4.39. The predicted octanol–water partition coefficient (Wildman–Crippen LogP) is 4.67. The van der Waals surface area contributed by atoms with Gasteiger partial charge in [-0.1, -0.05) is 65.9 Å². The van der Waals surface area contributed by atoms with E-state index in [1.165, 1.54) is 28.8 Å². The number of nitrogens with one attached hydrogen (secondary N) is 1. The zero-order chi connectivity index (χ0) is 27.2. The van der Waals surface area contributed by atoms with Crippen molar-refractivity contribution in [2.75, 3.05) is 12.0 Å². The summed E-state index contributed by atoms with van der Waals surface area (Å²) in [5.41, 5.74) is 2.63. The van der Waals surface area contributed by atoms with E-state index in [9.17, 15) is 9.59 Å². The molecular weight excluding hydrogens is 497 g/mol. The molecule has 1 atom stereocenters. The second kappa shape index (κ2) is 11.6. The molecule has 1 heterocycles. The van der Waals surface area contributed by atoms with Crippen molar-refractivity contribution < 1.29 is 18.7 Å². The molecule has 0 fully saturated rings. The summed E-state index contributed by atoms with van der Waals surface area (Å²) in [4.78, 5) is 29.1. The molecule has 1 N–H and O–H groups in total. The smallest absolute Gasteiger partial charge is 0.249 e. The lowest BCUT2D eigenvalue weighted by Gasteiger charge is -2.32. The minimum atomic E-state index is -1.30. The van der Waals surface area contributed by atoms with Crippen molar-refractivity contribution in [2.24, 2.45) is 0 Å². The number of carbonyl (C=O) groups is 2. The number of amides is 2. The molecule has 0 bridgehead atoms. The fraction of sp³-hybridized carbons (Fsp3) is 0.133. The summed E-state index contributed by atoms with van der Waals surface area (Å²) in [5, 5.41) is 11.1. The molecule has 4 aromatic carbocycles. The first-order valence-corrected chi connectivity index (χ1v) is 12.4. The molecule has 8 nitrogen and oxygen atoms in total. The van der Waals surface area contributed by atoms with E-state index >= 15 is 4.39 Å². The van der Waals surface area contributed by atoms with Gasteiger partial charge in [0.1, 0.15) is 29.7 Å². The van der Waals surface area contributed by atoms with Crippen molar-refractivity contribution >= 4 is 28.5 Å². The predicted molar refractivity (Wildman–Crippen MR) is 145 cm³/mol. The van der Waals surface area contributed by atoms with Gasteiger partial charge >= 0.3 is 0 Å². The van der Waals surface area contributed by atoms with Gasteiger partial charge in [-0.05, 0) is 48.0 Å². The summed E-state index contributed by atoms with van der Waals surface area (Å²) in [7, 11) is 1.53. The number of aromatic nitrogens is 3. The monoisotopic (exact) mass is 523 g/mol. The molecule has 0 saturated carbocycles. The van der Waals surface area contributed by atoms with Gasteiger partial charge in [-0.15, -0.1) is 5.10 Å². The zero-order valence-corrected chi connectivity index (χ0v) is 21.2. The molecule has 5 rings (SSSR count). The Hall–Kier alpha value is -5.05. The summed E-state index contributed by atoms with van der Waals surface area (Å²) in [5.74, 6) is -1.03. The van der Waals surface area contributed by atoms with Crippen LogP contribution >= 0.6 is 0 Å². The molecule has 2 amide bonds. The van der Waals surface area contributed by atoms with Gasteiger partial charge < -0.3 is 10.1 Å². The molecule has 0 aliphatic rings. The van der Waals surface area contributed by atoms with Crippen LogP contribution in [0.4, 0.5) is 10.1 Å². The normalized spacial score (nSPS) is 11.6. The lowest BCUT2D eigenvalue weighted by Crippen LogP contribution is -2.45. The van der Waals surface area contributed by atoms with Crippen LogP contribution in [0.5, 0.6) is 5.75 Å². The number of ether oxygens (including phenoxy) is 1. The Morgan fingerprint density at radius 3 is 2.36 bits per heavy atom. The number of hydrogen-bond donors (Lipinski definition) is 1. The summed E-state index contributed by atoms with van der Waals surface area (Å²) in [6, 6.07) is 28.0. The second-order valence-electron chi connectivity index (χ2n) is 8.83. The quantitative estimate of drug-likeness (QED) is 0.303. The van der Waals surface area contributed by atoms with Crippen LogP contribution in [-0.2, 0) is 22.7 Å². The fourth-order valence-electron chi connectivity index (χ4n) is 4.39. The van der Waals surface area contributed by atoms with Crippen LogP contribution in [0.3, 0.4) is 0 Å². The first kappa shape index (κ1) is 25.6. The maximum absolute atomic E-state index is 15.2. The highest BCUT2D eigenvalue weighted by Crippen LogP contribution is 2.31. The SMILES string of the molecule is COc1ccc(N(C(=O)Cn2nnc3ccccc32)[C@H](C(=O)NCc2ccccc2)c2ccccc2F)cc1. The Kier molecular flexibility index (Phi) is 7.58. The van der Waals surface area contributed by atoms with Crippen molar-refractivity contribution in [1.29, 1.82) is 0 Å². The topological polar surface area (TPSA) is 89.3 Å². The van der Waals surface area contributed by atoms with E-state index in [1.54, 1.807) is 48.5 Å². The van der Waals surface area contributed by atoms with Crippen molar-refractivity contribution in [3.8, 4) is 5.75 Å². The number of rotatable bonds is 9. The van der Waals surface area contributed by atoms with Gasteiger partial charge in [-0.2, -0.15) is 0 Å². The Morgan fingerprint density at radius 2 is 1.62 bits per heavy atom. The molecule has 0 unspecified atom stereocenters. The zero-order valence-electron chi connectivity index (χ0n) is 21.2. The number of halogens is 1. The molecule has 39 heavy (non-hydrogen) atoms. The standard InChI is InChI=1S/C30H26FN5O3/c1-39-23-17-15-22(16-18-23)36(28(37)20-35-27-14-8-7-13-26(27)33-34-35)29(24-11-5-6-12-25(24)31)30(38)32-19-21-9-3-2-4-10-21/h2-18,29H,19-20H2,1H3,(H,32,38)/t29-/m0/s1. The van der Waals surface area contributed by atoms with Crippen LogP contribution in [0.1, 0.15) is 17.2 Å². The highest BCUT2D eigenvalue weighted by Gasteiger charge is 2.35. The number of hydrogen-bond acceptors (Lipinski definition) is 5. The van der Waals surface area contributed by atoms with Gasteiger partial charge in [0, 0.05) is 17.8 Å². The molecule has 5 aromatic rings. The van der Waals surface area contributed by atoms with Crippen LogP contribution in [-0.4, -0.2) is 33.9 Å². The third-order valence-electron chi connectivity index (χ3n) is 6.34. The van der Waals surface area contributed by atoms with Crippen molar-refractivity contribution in [2.45, 2.75) is 19.1 Å². The average Bonchev–Trinajstić information content (AvgIpc) is 3.38. The first-order chi connectivity index (χ1) is 19.0. The summed E-state index contributed by atoms with van der Waals surface area (Å²) >= 11 is 0. The molecule has 0 saturated heterocycles. The highest BCUT2D eigenvalue weighted by molar-refractivity contribution is 6.01. The van der Waals surface area contributed by atoms with Gasteiger partial charge in [0.05, 0.1) is 12.6 Å². The molecule has 196 valence electrons. The molecule has 0 aliphatic heterocycles. The van der Waals surface area contributed by atoms with Crippen molar-refractivity contribution in [3.05, 3.63) is 120 Å². The Bertz CT molecular complexity index is 1590. The van der Waals surface area contributed by atoms with E-state index in [4.69, 9.17) is 4.74 Å². The summed E-state index contributed by atoms with van der Waals surface area (Å²) < 4.78 is 22.0. The summed E-state index contributed by atoms with van der Waals surface area (Å²) in [6.07, 6.45) is 0. The number of nitrogens with zero attached hydrogens (tertiary/aromatic N) is 4. The van der Waals surface area contributed by atoms with Crippen LogP contribution < -0.4 is 15.0 Å². The third-order valence-corrected chi connectivity index (χ3v) is 6.34. The number of carbonyl (C=O) groups excluding carboxylic acids is 2. The first-order valence-electron chi connectivity index (χ1n) is 12.4. The molecule has 1 aromatic heterocycles. The maximum atomic E-state index is 15.2. The molecule has 9 heteroatoms. The number of fused-ring (bicyclic) bond motifs is 1. The lowest BCUT2D eigenvalue weighted by molar-refractivity contribution is -0.127. The minimum absolute atomic E-state index is 0.0654. The number of para-hydroxylation sites is 1. The Morgan fingerprint density at radius 1 is 0.923 bits per heavy atom. The molecular formula is C30H26FN5O3. The lowest BCUT2D eigenvalue weighted by atomic mass is 10.0. The highest BCUT2D eigenvalue weighted by atomic mass is 19.1. The molecule has 0 radical (unpaired) electrons. The van der Waals surface area contributed by atoms with E-state index in [1.807, 2.05) is 42.5 Å². The van der Waals surface area contributed by atoms with E-state index in [0.29, 0.717) is 22.5 Å². The van der Waals surface area contributed by atoms with Gasteiger partial charge in [-0.3, -0.25) is 14.5 Å². The van der Waals surface area contributed by atoms with E-state index in [-0.39, 0.29) is 18.7 Å². The van der Waals surface area contributed by atoms with Gasteiger partial charge in [0.15, 0.2) is 0 Å². The van der Waals surface area contributed by atoms with Gasteiger partial charge in [0.2, 0.25) is 11.8 Å². The van der Waals surface area contributed by atoms with Gasteiger partial charge in [-0.25, -0.2) is 9.07 Å². The van der Waals surface area contributed by atoms with Crippen molar-refractivity contribution in [1.82, 2.24) is 20.3 Å². The van der Waals surface area contributed by atoms with Crippen LogP contribution in [0.15, 0.2) is 103 Å². The molecule has 0 spiro atoms. The van der Waals surface area contributed by atoms with E-state index < -0.39 is 23.7 Å². The van der Waals surface area contributed by atoms with Crippen molar-refractivity contribution in [3.63, 3.8) is 0 Å². The van der Waals surface area contributed by atoms with Crippen LogP contribution in [0.25, 0.3) is 11.0 Å².